The van der Waals surface area contributed by atoms with E-state index in [1.165, 1.54) is 11.8 Å². The van der Waals surface area contributed by atoms with Crippen LogP contribution in [0.2, 0.25) is 0 Å². The predicted molar refractivity (Wildman–Crippen MR) is 187 cm³/mol. The number of thioether (sulfide) groups is 1. The highest BCUT2D eigenvalue weighted by molar-refractivity contribution is 8.01. The Morgan fingerprint density at radius 3 is 2.18 bits per heavy atom. The van der Waals surface area contributed by atoms with Crippen LogP contribution in [0.5, 0.6) is 0 Å². The van der Waals surface area contributed by atoms with Crippen molar-refractivity contribution in [2.24, 2.45) is 28.7 Å². The molecule has 2 rings (SSSR count). The number of rotatable bonds is 18. The normalized spacial score (nSPS) is 16.7. The topological polar surface area (TPSA) is 220 Å². The van der Waals surface area contributed by atoms with Crippen molar-refractivity contribution in [1.29, 1.82) is 0 Å². The maximum Gasteiger partial charge on any atom is 0.312 e. The molecule has 4 atom stereocenters. The molecule has 1 aliphatic heterocycles. The SMILES string of the molecule is CC(C)SC1CC(=O)N(C(CN)C(=O)N[C@H](C(=O)C[C@@H](CCCNC(N)=O)C(=O)Nc2ccc(COC(=O)C(C)(C)C)cc2)C(C)C)C1=O. The average Bonchev–Trinajstić information content (AvgIpc) is 3.27. The minimum Gasteiger partial charge on any atom is -0.460 e. The van der Waals surface area contributed by atoms with Gasteiger partial charge in [-0.1, -0.05) is 39.8 Å². The van der Waals surface area contributed by atoms with Crippen molar-refractivity contribution in [3.63, 3.8) is 0 Å². The van der Waals surface area contributed by atoms with Crippen LogP contribution in [-0.2, 0) is 40.1 Å². The van der Waals surface area contributed by atoms with Gasteiger partial charge in [0.25, 0.3) is 0 Å². The van der Waals surface area contributed by atoms with Crippen molar-refractivity contribution in [2.45, 2.75) is 103 Å². The Bertz CT molecular complexity index is 1360. The van der Waals surface area contributed by atoms with Crippen molar-refractivity contribution in [3.8, 4) is 0 Å². The summed E-state index contributed by atoms with van der Waals surface area (Å²) in [5, 5.41) is 7.46. The molecule has 2 unspecified atom stereocenters. The number of benzene rings is 1. The third-order valence-corrected chi connectivity index (χ3v) is 9.02. The van der Waals surface area contributed by atoms with E-state index in [-0.39, 0.29) is 50.2 Å². The van der Waals surface area contributed by atoms with Gasteiger partial charge in [0.05, 0.1) is 16.7 Å². The first-order chi connectivity index (χ1) is 22.8. The molecule has 0 spiro atoms. The molecular formula is C34H52N6O8S. The highest BCUT2D eigenvalue weighted by Gasteiger charge is 2.45. The molecule has 1 fully saturated rings. The molecule has 0 aromatic heterocycles. The van der Waals surface area contributed by atoms with Crippen molar-refractivity contribution >= 4 is 58.9 Å². The number of carbonyl (C=O) groups is 7. The highest BCUT2D eigenvalue weighted by atomic mass is 32.2. The Hall–Kier alpha value is -3.98. The number of amides is 6. The highest BCUT2D eigenvalue weighted by Crippen LogP contribution is 2.29. The molecule has 0 radical (unpaired) electrons. The van der Waals surface area contributed by atoms with E-state index in [2.05, 4.69) is 16.0 Å². The second-order valence-electron chi connectivity index (χ2n) is 13.8. The molecule has 0 saturated carbocycles. The van der Waals surface area contributed by atoms with Gasteiger partial charge in [-0.05, 0) is 62.5 Å². The van der Waals surface area contributed by atoms with E-state index in [4.69, 9.17) is 16.2 Å². The number of imide groups is 1. The van der Waals surface area contributed by atoms with Gasteiger partial charge in [-0.15, -0.1) is 11.8 Å². The molecule has 15 heteroatoms. The van der Waals surface area contributed by atoms with E-state index >= 15 is 0 Å². The van der Waals surface area contributed by atoms with Crippen LogP contribution in [0.3, 0.4) is 0 Å². The lowest BCUT2D eigenvalue weighted by Gasteiger charge is -2.29. The van der Waals surface area contributed by atoms with Crippen LogP contribution in [0.1, 0.15) is 79.7 Å². The Balaban J connectivity index is 2.17. The van der Waals surface area contributed by atoms with Gasteiger partial charge in [0.15, 0.2) is 5.78 Å². The molecule has 1 heterocycles. The van der Waals surface area contributed by atoms with Crippen molar-refractivity contribution < 1.29 is 38.3 Å². The monoisotopic (exact) mass is 704 g/mol. The number of likely N-dealkylation sites (tertiary alicyclic amines) is 1. The number of esters is 1. The summed E-state index contributed by atoms with van der Waals surface area (Å²) >= 11 is 1.34. The van der Waals surface area contributed by atoms with Crippen LogP contribution in [0.15, 0.2) is 24.3 Å². The number of ether oxygens (including phenoxy) is 1. The quantitative estimate of drug-likeness (QED) is 0.0854. The zero-order valence-electron chi connectivity index (χ0n) is 29.5. The fraction of sp³-hybridized carbons (Fsp3) is 0.618. The molecule has 49 heavy (non-hydrogen) atoms. The van der Waals surface area contributed by atoms with E-state index < -0.39 is 70.0 Å². The molecule has 0 aliphatic carbocycles. The predicted octanol–water partition coefficient (Wildman–Crippen LogP) is 2.48. The fourth-order valence-electron chi connectivity index (χ4n) is 5.13. The number of Topliss-reactive ketones (excluding diaryl/α,β-unsaturated/α-hetero) is 1. The maximum absolute atomic E-state index is 13.7. The van der Waals surface area contributed by atoms with Crippen LogP contribution in [-0.4, -0.2) is 82.0 Å². The van der Waals surface area contributed by atoms with Crippen LogP contribution in [0.25, 0.3) is 0 Å². The Morgan fingerprint density at radius 1 is 1.02 bits per heavy atom. The van der Waals surface area contributed by atoms with Gasteiger partial charge in [0.2, 0.25) is 23.6 Å². The summed E-state index contributed by atoms with van der Waals surface area (Å²) in [6.07, 6.45) is 0.283. The van der Waals surface area contributed by atoms with E-state index in [0.717, 1.165) is 10.5 Å². The number of ketones is 1. The molecule has 0 bridgehead atoms. The number of hydrogen-bond acceptors (Lipinski definition) is 10. The van der Waals surface area contributed by atoms with E-state index in [1.54, 1.807) is 58.9 Å². The molecule has 1 saturated heterocycles. The summed E-state index contributed by atoms with van der Waals surface area (Å²) in [4.78, 5) is 90.6. The summed E-state index contributed by atoms with van der Waals surface area (Å²) in [5.74, 6) is -4.17. The zero-order chi connectivity index (χ0) is 37.1. The Morgan fingerprint density at radius 2 is 1.65 bits per heavy atom. The average molecular weight is 705 g/mol. The lowest BCUT2D eigenvalue weighted by atomic mass is 9.89. The lowest BCUT2D eigenvalue weighted by Crippen LogP contribution is -2.57. The fourth-order valence-corrected chi connectivity index (χ4v) is 6.26. The van der Waals surface area contributed by atoms with E-state index in [1.807, 2.05) is 13.8 Å². The number of primary amides is 1. The van der Waals surface area contributed by atoms with E-state index in [9.17, 15) is 33.6 Å². The minimum atomic E-state index is -1.29. The molecule has 14 nitrogen and oxygen atoms in total. The smallest absolute Gasteiger partial charge is 0.312 e. The standard InChI is InChI=1S/C34H52N6O8S/c1-19(2)28(39-30(44)24(17-35)40-27(42)16-26(31(40)45)49-20(3)4)25(41)15-22(9-8-14-37-33(36)47)29(43)38-23-12-10-21(11-13-23)18-48-32(46)34(5,6)7/h10-13,19-20,22,24,26,28H,8-9,14-18,35H2,1-7H3,(H,38,43)(H,39,44)(H3,36,37,47)/t22-,24?,26?,28+/m1/s1. The van der Waals surface area contributed by atoms with Crippen LogP contribution in [0, 0.1) is 17.3 Å². The zero-order valence-corrected chi connectivity index (χ0v) is 30.3. The number of nitrogens with zero attached hydrogens (tertiary/aromatic N) is 1. The molecule has 1 aromatic rings. The second-order valence-corrected chi connectivity index (χ2v) is 15.6. The van der Waals surface area contributed by atoms with E-state index in [0.29, 0.717) is 12.1 Å². The summed E-state index contributed by atoms with van der Waals surface area (Å²) in [6.45, 7) is 12.5. The summed E-state index contributed by atoms with van der Waals surface area (Å²) in [6, 6.07) is 3.68. The Labute approximate surface area is 292 Å². The van der Waals surface area contributed by atoms with Crippen molar-refractivity contribution in [1.82, 2.24) is 15.5 Å². The largest absolute Gasteiger partial charge is 0.460 e. The van der Waals surface area contributed by atoms with Gasteiger partial charge >= 0.3 is 12.0 Å². The van der Waals surface area contributed by atoms with Crippen LogP contribution >= 0.6 is 11.8 Å². The molecule has 6 amide bonds. The molecule has 7 N–H and O–H groups in total. The second kappa shape index (κ2) is 18.7. The first kappa shape index (κ1) is 41.2. The number of nitrogens with two attached hydrogens (primary N) is 2. The van der Waals surface area contributed by atoms with Gasteiger partial charge in [-0.3, -0.25) is 33.7 Å². The minimum absolute atomic E-state index is 0.0349. The maximum atomic E-state index is 13.7. The van der Waals surface area contributed by atoms with Gasteiger partial charge in [-0.25, -0.2) is 4.79 Å². The number of anilines is 1. The van der Waals surface area contributed by atoms with Crippen molar-refractivity contribution in [2.75, 3.05) is 18.4 Å². The third-order valence-electron chi connectivity index (χ3n) is 7.78. The molecular weight excluding hydrogens is 652 g/mol. The number of urea groups is 1. The van der Waals surface area contributed by atoms with Crippen molar-refractivity contribution in [3.05, 3.63) is 29.8 Å². The van der Waals surface area contributed by atoms with Crippen LogP contribution in [0.4, 0.5) is 10.5 Å². The third kappa shape index (κ3) is 12.8. The summed E-state index contributed by atoms with van der Waals surface area (Å²) < 4.78 is 5.34. The van der Waals surface area contributed by atoms with Crippen LogP contribution < -0.4 is 27.4 Å². The van der Waals surface area contributed by atoms with Gasteiger partial charge in [0, 0.05) is 37.5 Å². The summed E-state index contributed by atoms with van der Waals surface area (Å²) in [5.41, 5.74) is 11.6. The first-order valence-electron chi connectivity index (χ1n) is 16.5. The number of hydrogen-bond donors (Lipinski definition) is 5. The molecule has 1 aromatic carbocycles. The summed E-state index contributed by atoms with van der Waals surface area (Å²) in [7, 11) is 0. The Kier molecular flexibility index (Phi) is 15.7. The number of carbonyl (C=O) groups excluding carboxylic acids is 7. The lowest BCUT2D eigenvalue weighted by molar-refractivity contribution is -0.154. The first-order valence-corrected chi connectivity index (χ1v) is 17.4. The molecule has 272 valence electrons. The van der Waals surface area contributed by atoms with Gasteiger partial charge < -0.3 is 32.2 Å². The van der Waals surface area contributed by atoms with Gasteiger partial charge in [0.1, 0.15) is 12.6 Å². The number of nitrogens with one attached hydrogen (secondary N) is 3. The van der Waals surface area contributed by atoms with Gasteiger partial charge in [-0.2, -0.15) is 0 Å². The molecule has 1 aliphatic rings.